The molecule has 4 atom stereocenters. The van der Waals surface area contributed by atoms with Crippen molar-refractivity contribution in [3.05, 3.63) is 112 Å². The Kier molecular flexibility index (Phi) is 9.03. The number of rotatable bonds is 10. The molecule has 42 heavy (non-hydrogen) atoms. The second-order valence-corrected chi connectivity index (χ2v) is 10.8. The fraction of sp³-hybridized carbons (Fsp3) is 0.273. The number of pyridine rings is 1. The number of aliphatic hydroxyl groups excluding tert-OH is 1. The van der Waals surface area contributed by atoms with Gasteiger partial charge < -0.3 is 19.9 Å². The maximum absolute atomic E-state index is 15.5. The topological polar surface area (TPSA) is 87.4 Å². The van der Waals surface area contributed by atoms with Gasteiger partial charge in [0.05, 0.1) is 16.7 Å². The van der Waals surface area contributed by atoms with E-state index >= 15 is 4.39 Å². The number of aromatic nitrogens is 1. The number of nitrogens with one attached hydrogen (secondary N) is 1. The Morgan fingerprint density at radius 2 is 1.88 bits per heavy atom. The van der Waals surface area contributed by atoms with Gasteiger partial charge in [0.1, 0.15) is 36.2 Å². The van der Waals surface area contributed by atoms with Crippen LogP contribution in [0.25, 0.3) is 11.1 Å². The molecule has 1 aliphatic carbocycles. The van der Waals surface area contributed by atoms with Gasteiger partial charge in [-0.25, -0.2) is 8.78 Å². The van der Waals surface area contributed by atoms with E-state index in [0.717, 1.165) is 0 Å². The first kappa shape index (κ1) is 29.5. The van der Waals surface area contributed by atoms with Gasteiger partial charge in [-0.3, -0.25) is 4.98 Å². The third-order valence-corrected chi connectivity index (χ3v) is 7.73. The van der Waals surface area contributed by atoms with Crippen LogP contribution >= 0.6 is 11.6 Å². The number of nitriles is 1. The first-order valence-corrected chi connectivity index (χ1v) is 14.0. The highest BCUT2D eigenvalue weighted by Crippen LogP contribution is 2.44. The van der Waals surface area contributed by atoms with E-state index in [0.29, 0.717) is 51.2 Å². The number of hydrogen-bond acceptors (Lipinski definition) is 6. The molecule has 0 saturated carbocycles. The number of ether oxygens (including phenoxy) is 2. The molecule has 0 unspecified atom stereocenters. The van der Waals surface area contributed by atoms with Gasteiger partial charge in [0.25, 0.3) is 0 Å². The maximum atomic E-state index is 15.5. The van der Waals surface area contributed by atoms with Crippen molar-refractivity contribution in [2.75, 3.05) is 0 Å². The molecule has 0 amide bonds. The molecule has 0 spiro atoms. The third kappa shape index (κ3) is 6.39. The molecule has 3 aromatic carbocycles. The Balaban J connectivity index is 1.45. The number of benzene rings is 3. The number of aliphatic hydroxyl groups is 1. The highest BCUT2D eigenvalue weighted by molar-refractivity contribution is 6.32. The first-order chi connectivity index (χ1) is 20.2. The molecule has 6 nitrogen and oxygen atoms in total. The molecular weight excluding hydrogens is 560 g/mol. The van der Waals surface area contributed by atoms with Gasteiger partial charge in [0, 0.05) is 54.2 Å². The standard InChI is InChI=1S/C33H30ClF2N3O3/c1-19(20(2)40)39-17-23-11-28(34)32(13-31(23)41-18-22-10-21(14-37)15-38-16-22)42-33-26-8-5-7-24(27(26)12-30(33)36)25-6-3-4-9-29(25)35/h3-11,13,15-16,19-20,30,33,39-40H,12,17-18H2,1-2H3/t19-,20-,30-,33-/m1/s1. The molecule has 0 fully saturated rings. The largest absolute Gasteiger partial charge is 0.488 e. The zero-order valence-electron chi connectivity index (χ0n) is 23.2. The van der Waals surface area contributed by atoms with E-state index in [-0.39, 0.29) is 35.7 Å². The lowest BCUT2D eigenvalue weighted by Crippen LogP contribution is -2.35. The zero-order valence-corrected chi connectivity index (χ0v) is 23.9. The van der Waals surface area contributed by atoms with Crippen molar-refractivity contribution in [1.29, 1.82) is 5.26 Å². The van der Waals surface area contributed by atoms with Crippen LogP contribution in [0.15, 0.2) is 73.1 Å². The Hall–Kier alpha value is -4.03. The van der Waals surface area contributed by atoms with Gasteiger partial charge in [-0.2, -0.15) is 5.26 Å². The number of hydrogen-bond donors (Lipinski definition) is 2. The van der Waals surface area contributed by atoms with E-state index < -0.39 is 18.4 Å². The maximum Gasteiger partial charge on any atom is 0.155 e. The van der Waals surface area contributed by atoms with Crippen LogP contribution in [-0.2, 0) is 19.6 Å². The van der Waals surface area contributed by atoms with Crippen LogP contribution in [0, 0.1) is 17.1 Å². The van der Waals surface area contributed by atoms with Crippen molar-refractivity contribution in [3.63, 3.8) is 0 Å². The molecule has 4 aromatic rings. The van der Waals surface area contributed by atoms with Crippen LogP contribution < -0.4 is 14.8 Å². The fourth-order valence-corrected chi connectivity index (χ4v) is 5.20. The van der Waals surface area contributed by atoms with Crippen molar-refractivity contribution in [2.24, 2.45) is 0 Å². The number of nitrogens with zero attached hydrogens (tertiary/aromatic N) is 2. The molecule has 0 aliphatic heterocycles. The highest BCUT2D eigenvalue weighted by Gasteiger charge is 2.37. The summed E-state index contributed by atoms with van der Waals surface area (Å²) in [6.45, 7) is 4.00. The van der Waals surface area contributed by atoms with Gasteiger partial charge >= 0.3 is 0 Å². The van der Waals surface area contributed by atoms with Gasteiger partial charge in [0.15, 0.2) is 6.10 Å². The van der Waals surface area contributed by atoms with E-state index in [1.807, 2.05) is 6.92 Å². The molecular formula is C33H30ClF2N3O3. The van der Waals surface area contributed by atoms with E-state index in [1.165, 1.54) is 12.3 Å². The SMILES string of the molecule is C[C@@H](O)[C@@H](C)NCc1cc(Cl)c(O[C@@H]2c3cccc(-c4ccccc4F)c3C[C@H]2F)cc1OCc1cncc(C#N)c1. The monoisotopic (exact) mass is 589 g/mol. The second-order valence-electron chi connectivity index (χ2n) is 10.4. The van der Waals surface area contributed by atoms with Gasteiger partial charge in [-0.15, -0.1) is 0 Å². The summed E-state index contributed by atoms with van der Waals surface area (Å²) >= 11 is 6.66. The number of fused-ring (bicyclic) bond motifs is 1. The number of alkyl halides is 1. The minimum Gasteiger partial charge on any atom is -0.488 e. The summed E-state index contributed by atoms with van der Waals surface area (Å²) in [5.74, 6) is 0.301. The summed E-state index contributed by atoms with van der Waals surface area (Å²) in [5, 5.41) is 22.6. The van der Waals surface area contributed by atoms with Gasteiger partial charge in [-0.1, -0.05) is 48.0 Å². The zero-order chi connectivity index (χ0) is 29.8. The number of halogens is 3. The predicted octanol–water partition coefficient (Wildman–Crippen LogP) is 6.86. The summed E-state index contributed by atoms with van der Waals surface area (Å²) < 4.78 is 42.5. The predicted molar refractivity (Wildman–Crippen MR) is 157 cm³/mol. The normalized spacial score (nSPS) is 17.3. The van der Waals surface area contributed by atoms with Gasteiger partial charge in [-0.05, 0) is 48.7 Å². The lowest BCUT2D eigenvalue weighted by atomic mass is 9.96. The van der Waals surface area contributed by atoms with Crippen LogP contribution in [0.2, 0.25) is 5.02 Å². The average Bonchev–Trinajstić information content (AvgIpc) is 3.31. The molecule has 1 heterocycles. The minimum absolute atomic E-state index is 0.0763. The van der Waals surface area contributed by atoms with E-state index in [4.69, 9.17) is 21.1 Å². The van der Waals surface area contributed by atoms with Crippen molar-refractivity contribution < 1.29 is 23.4 Å². The highest BCUT2D eigenvalue weighted by atomic mass is 35.5. The van der Waals surface area contributed by atoms with Crippen LogP contribution in [0.4, 0.5) is 8.78 Å². The molecule has 0 saturated heterocycles. The Bertz CT molecular complexity index is 1620. The Morgan fingerprint density at radius 3 is 2.64 bits per heavy atom. The smallest absolute Gasteiger partial charge is 0.155 e. The minimum atomic E-state index is -1.37. The summed E-state index contributed by atoms with van der Waals surface area (Å²) in [7, 11) is 0. The fourth-order valence-electron chi connectivity index (χ4n) is 4.97. The summed E-state index contributed by atoms with van der Waals surface area (Å²) in [6.07, 6.45) is 0.249. The van der Waals surface area contributed by atoms with E-state index in [9.17, 15) is 14.8 Å². The molecule has 5 rings (SSSR count). The van der Waals surface area contributed by atoms with E-state index in [1.54, 1.807) is 67.7 Å². The second kappa shape index (κ2) is 12.9. The average molecular weight is 590 g/mol. The molecule has 1 aliphatic rings. The summed E-state index contributed by atoms with van der Waals surface area (Å²) in [4.78, 5) is 4.08. The van der Waals surface area contributed by atoms with Crippen molar-refractivity contribution >= 4 is 11.6 Å². The van der Waals surface area contributed by atoms with Gasteiger partial charge in [0.2, 0.25) is 0 Å². The quantitative estimate of drug-likeness (QED) is 0.210. The molecule has 1 aromatic heterocycles. The molecule has 216 valence electrons. The van der Waals surface area contributed by atoms with Crippen LogP contribution in [-0.4, -0.2) is 28.4 Å². The van der Waals surface area contributed by atoms with Crippen molar-refractivity contribution in [1.82, 2.24) is 10.3 Å². The van der Waals surface area contributed by atoms with Crippen molar-refractivity contribution in [2.45, 2.75) is 57.8 Å². The molecule has 2 N–H and O–H groups in total. The summed E-state index contributed by atoms with van der Waals surface area (Å²) in [6, 6.07) is 18.6. The van der Waals surface area contributed by atoms with Crippen molar-refractivity contribution in [3.8, 4) is 28.7 Å². The molecule has 9 heteroatoms. The third-order valence-electron chi connectivity index (χ3n) is 7.44. The first-order valence-electron chi connectivity index (χ1n) is 13.6. The lowest BCUT2D eigenvalue weighted by Gasteiger charge is -2.22. The van der Waals surface area contributed by atoms with Crippen LogP contribution in [0.3, 0.4) is 0 Å². The van der Waals surface area contributed by atoms with E-state index in [2.05, 4.69) is 16.4 Å². The Labute approximate surface area is 248 Å². The Morgan fingerprint density at radius 1 is 1.10 bits per heavy atom. The summed E-state index contributed by atoms with van der Waals surface area (Å²) in [5.41, 5.74) is 4.19. The molecule has 0 radical (unpaired) electrons. The van der Waals surface area contributed by atoms with Crippen LogP contribution in [0.5, 0.6) is 11.5 Å². The molecule has 0 bridgehead atoms. The lowest BCUT2D eigenvalue weighted by molar-refractivity contribution is 0.114. The van der Waals surface area contributed by atoms with Crippen LogP contribution in [0.1, 0.15) is 47.8 Å².